The summed E-state index contributed by atoms with van der Waals surface area (Å²) in [5.74, 6) is 0.0861. The van der Waals surface area contributed by atoms with Gasteiger partial charge in [-0.3, -0.25) is 4.90 Å². The van der Waals surface area contributed by atoms with Crippen molar-refractivity contribution in [1.82, 2.24) is 9.80 Å². The van der Waals surface area contributed by atoms with Crippen molar-refractivity contribution in [3.8, 4) is 0 Å². The number of piperidine rings is 1. The Labute approximate surface area is 124 Å². The Hall–Kier alpha value is -0.910. The van der Waals surface area contributed by atoms with Crippen LogP contribution in [0, 0.1) is 5.92 Å². The van der Waals surface area contributed by atoms with E-state index >= 15 is 0 Å². The molecule has 4 unspecified atom stereocenters. The van der Waals surface area contributed by atoms with E-state index in [2.05, 4.69) is 13.8 Å². The number of carbonyl (C=O) groups excluding carboxylic acids is 1. The third-order valence-electron chi connectivity index (χ3n) is 4.57. The molecule has 2 fully saturated rings. The summed E-state index contributed by atoms with van der Waals surface area (Å²) < 4.78 is 0. The van der Waals surface area contributed by atoms with Crippen LogP contribution in [-0.2, 0) is 4.79 Å². The zero-order valence-electron chi connectivity index (χ0n) is 12.4. The van der Waals surface area contributed by atoms with Gasteiger partial charge in [0.15, 0.2) is 0 Å². The van der Waals surface area contributed by atoms with E-state index in [0.717, 1.165) is 25.8 Å². The maximum absolute atomic E-state index is 12.8. The zero-order chi connectivity index (χ0) is 14.9. The van der Waals surface area contributed by atoms with Crippen LogP contribution in [0.25, 0.3) is 0 Å². The molecule has 0 aromatic rings. The average Bonchev–Trinajstić information content (AvgIpc) is 2.85. The molecule has 2 saturated heterocycles. The molecule has 2 amide bonds. The van der Waals surface area contributed by atoms with Crippen molar-refractivity contribution in [3.05, 3.63) is 0 Å². The Balaban J connectivity index is 2.18. The number of urea groups is 1. The lowest BCUT2D eigenvalue weighted by Crippen LogP contribution is -2.56. The summed E-state index contributed by atoms with van der Waals surface area (Å²) in [4.78, 5) is 27.7. The molecule has 2 aliphatic heterocycles. The highest BCUT2D eigenvalue weighted by Crippen LogP contribution is 2.34. The maximum Gasteiger partial charge on any atom is 0.327 e. The fourth-order valence-electron chi connectivity index (χ4n) is 3.08. The molecule has 5 nitrogen and oxygen atoms in total. The fraction of sp³-hybridized carbons (Fsp3) is 0.857. The SMILES string of the molecule is CCC1SCC(C(=O)O)N1C(=O)N1CCCC(C)C1C. The van der Waals surface area contributed by atoms with E-state index in [1.54, 1.807) is 16.7 Å². The number of thioether (sulfide) groups is 1. The number of carbonyl (C=O) groups is 2. The van der Waals surface area contributed by atoms with E-state index in [1.165, 1.54) is 0 Å². The van der Waals surface area contributed by atoms with Crippen molar-refractivity contribution in [2.75, 3.05) is 12.3 Å². The fourth-order valence-corrected chi connectivity index (χ4v) is 4.42. The highest BCUT2D eigenvalue weighted by Gasteiger charge is 2.44. The van der Waals surface area contributed by atoms with E-state index < -0.39 is 12.0 Å². The van der Waals surface area contributed by atoms with Crippen LogP contribution < -0.4 is 0 Å². The number of likely N-dealkylation sites (tertiary alicyclic amines) is 1. The van der Waals surface area contributed by atoms with Crippen LogP contribution in [0.4, 0.5) is 4.79 Å². The van der Waals surface area contributed by atoms with E-state index in [-0.39, 0.29) is 17.4 Å². The predicted molar refractivity (Wildman–Crippen MR) is 79.8 cm³/mol. The molecule has 0 aromatic heterocycles. The second kappa shape index (κ2) is 6.24. The summed E-state index contributed by atoms with van der Waals surface area (Å²) in [5.41, 5.74) is 0. The summed E-state index contributed by atoms with van der Waals surface area (Å²) in [7, 11) is 0. The Kier molecular flexibility index (Phi) is 4.83. The van der Waals surface area contributed by atoms with Crippen LogP contribution in [0.15, 0.2) is 0 Å². The van der Waals surface area contributed by atoms with Gasteiger partial charge in [0.2, 0.25) is 0 Å². The molecule has 6 heteroatoms. The summed E-state index contributed by atoms with van der Waals surface area (Å²) in [6, 6.07) is -0.580. The number of carboxylic acid groups (broad SMARTS) is 1. The second-order valence-corrected chi connectivity index (χ2v) is 7.00. The largest absolute Gasteiger partial charge is 0.480 e. The van der Waals surface area contributed by atoms with Gasteiger partial charge in [-0.1, -0.05) is 13.8 Å². The minimum atomic E-state index is -0.889. The third kappa shape index (κ3) is 2.75. The van der Waals surface area contributed by atoms with Gasteiger partial charge in [-0.25, -0.2) is 9.59 Å². The molecule has 1 N–H and O–H groups in total. The molecule has 2 aliphatic rings. The summed E-state index contributed by atoms with van der Waals surface area (Å²) >= 11 is 1.58. The van der Waals surface area contributed by atoms with E-state index in [0.29, 0.717) is 11.7 Å². The lowest BCUT2D eigenvalue weighted by atomic mass is 9.92. The average molecular weight is 300 g/mol. The van der Waals surface area contributed by atoms with Gasteiger partial charge < -0.3 is 10.0 Å². The Morgan fingerprint density at radius 1 is 1.35 bits per heavy atom. The number of carboxylic acids is 1. The second-order valence-electron chi connectivity index (χ2n) is 5.79. The topological polar surface area (TPSA) is 60.9 Å². The molecular formula is C14H24N2O3S. The van der Waals surface area contributed by atoms with Crippen LogP contribution in [-0.4, -0.2) is 56.7 Å². The normalized spacial score (nSPS) is 34.4. The number of aliphatic carboxylic acids is 1. The quantitative estimate of drug-likeness (QED) is 0.851. The van der Waals surface area contributed by atoms with Crippen molar-refractivity contribution >= 4 is 23.8 Å². The minimum absolute atomic E-state index is 0.00645. The molecule has 0 bridgehead atoms. The van der Waals surface area contributed by atoms with Crippen LogP contribution in [0.5, 0.6) is 0 Å². The first-order chi connectivity index (χ1) is 9.47. The van der Waals surface area contributed by atoms with Gasteiger partial charge in [-0.15, -0.1) is 11.8 Å². The number of hydrogen-bond acceptors (Lipinski definition) is 3. The third-order valence-corrected chi connectivity index (χ3v) is 6.02. The Morgan fingerprint density at radius 3 is 2.65 bits per heavy atom. The monoisotopic (exact) mass is 300 g/mol. The molecule has 2 heterocycles. The first kappa shape index (κ1) is 15.5. The molecule has 0 radical (unpaired) electrons. The van der Waals surface area contributed by atoms with Crippen molar-refractivity contribution < 1.29 is 14.7 Å². The van der Waals surface area contributed by atoms with Gasteiger partial charge in [0.1, 0.15) is 6.04 Å². The van der Waals surface area contributed by atoms with Gasteiger partial charge in [0.05, 0.1) is 5.37 Å². The number of rotatable bonds is 2. The summed E-state index contributed by atoms with van der Waals surface area (Å²) in [5, 5.41) is 9.33. The lowest BCUT2D eigenvalue weighted by Gasteiger charge is -2.41. The highest BCUT2D eigenvalue weighted by molar-refractivity contribution is 8.00. The van der Waals surface area contributed by atoms with Crippen LogP contribution in [0.3, 0.4) is 0 Å². The predicted octanol–water partition coefficient (Wildman–Crippen LogP) is 2.46. The van der Waals surface area contributed by atoms with E-state index in [1.807, 2.05) is 11.8 Å². The molecule has 0 spiro atoms. The highest BCUT2D eigenvalue weighted by atomic mass is 32.2. The van der Waals surface area contributed by atoms with Gasteiger partial charge in [0.25, 0.3) is 0 Å². The molecular weight excluding hydrogens is 276 g/mol. The van der Waals surface area contributed by atoms with Gasteiger partial charge >= 0.3 is 12.0 Å². The first-order valence-corrected chi connectivity index (χ1v) is 8.45. The minimum Gasteiger partial charge on any atom is -0.480 e. The molecule has 0 aliphatic carbocycles. The number of nitrogens with zero attached hydrogens (tertiary/aromatic N) is 2. The number of amides is 2. The van der Waals surface area contributed by atoms with Crippen LogP contribution in [0.1, 0.15) is 40.0 Å². The van der Waals surface area contributed by atoms with Crippen molar-refractivity contribution in [3.63, 3.8) is 0 Å². The van der Waals surface area contributed by atoms with E-state index in [4.69, 9.17) is 0 Å². The summed E-state index contributed by atoms with van der Waals surface area (Å²) in [6.07, 6.45) is 2.93. The standard InChI is InChI=1S/C14H24N2O3S/c1-4-12-16(11(8-20-12)13(17)18)14(19)15-7-5-6-9(2)10(15)3/h9-12H,4-8H2,1-3H3,(H,17,18). The van der Waals surface area contributed by atoms with Crippen molar-refractivity contribution in [1.29, 1.82) is 0 Å². The van der Waals surface area contributed by atoms with Crippen molar-refractivity contribution in [2.45, 2.75) is 57.5 Å². The van der Waals surface area contributed by atoms with Crippen molar-refractivity contribution in [2.24, 2.45) is 5.92 Å². The molecule has 0 saturated carbocycles. The lowest BCUT2D eigenvalue weighted by molar-refractivity contribution is -0.141. The maximum atomic E-state index is 12.8. The molecule has 20 heavy (non-hydrogen) atoms. The molecule has 0 aromatic carbocycles. The number of hydrogen-bond donors (Lipinski definition) is 1. The smallest absolute Gasteiger partial charge is 0.327 e. The molecule has 114 valence electrons. The van der Waals surface area contributed by atoms with E-state index in [9.17, 15) is 14.7 Å². The van der Waals surface area contributed by atoms with Crippen LogP contribution >= 0.6 is 11.8 Å². The first-order valence-electron chi connectivity index (χ1n) is 7.40. The molecule has 4 atom stereocenters. The molecule has 2 rings (SSSR count). The zero-order valence-corrected chi connectivity index (χ0v) is 13.2. The Morgan fingerprint density at radius 2 is 2.05 bits per heavy atom. The van der Waals surface area contributed by atoms with Crippen LogP contribution in [0.2, 0.25) is 0 Å². The Bertz CT molecular complexity index is 391. The van der Waals surface area contributed by atoms with Gasteiger partial charge in [-0.05, 0) is 32.1 Å². The summed E-state index contributed by atoms with van der Waals surface area (Å²) in [6.45, 7) is 6.98. The van der Waals surface area contributed by atoms with Gasteiger partial charge in [0, 0.05) is 18.3 Å². The van der Waals surface area contributed by atoms with Gasteiger partial charge in [-0.2, -0.15) is 0 Å².